The Morgan fingerprint density at radius 3 is 2.12 bits per heavy atom. The van der Waals surface area contributed by atoms with Gasteiger partial charge in [0.1, 0.15) is 0 Å². The first kappa shape index (κ1) is 15.2. The number of aliphatic carboxylic acids is 1. The van der Waals surface area contributed by atoms with Gasteiger partial charge >= 0.3 is 12.0 Å². The van der Waals surface area contributed by atoms with Crippen molar-refractivity contribution >= 4 is 12.0 Å². The fraction of sp³-hybridized carbons (Fsp3) is 0.727. The molecule has 0 fully saturated rings. The van der Waals surface area contributed by atoms with E-state index in [2.05, 4.69) is 0 Å². The highest BCUT2D eigenvalue weighted by Crippen LogP contribution is 2.01. The molecular formula is C11H19N3O3. The van der Waals surface area contributed by atoms with E-state index in [0.29, 0.717) is 19.6 Å². The van der Waals surface area contributed by atoms with Gasteiger partial charge in [0.25, 0.3) is 0 Å². The summed E-state index contributed by atoms with van der Waals surface area (Å²) in [4.78, 5) is 25.5. The minimum Gasteiger partial charge on any atom is -0.481 e. The van der Waals surface area contributed by atoms with Gasteiger partial charge in [0.15, 0.2) is 0 Å². The second kappa shape index (κ2) is 8.39. The minimum absolute atomic E-state index is 0.0601. The van der Waals surface area contributed by atoms with E-state index < -0.39 is 5.97 Å². The molecule has 0 saturated heterocycles. The lowest BCUT2D eigenvalue weighted by Gasteiger charge is -2.28. The largest absolute Gasteiger partial charge is 0.481 e. The summed E-state index contributed by atoms with van der Waals surface area (Å²) in [6.45, 7) is 5.21. The van der Waals surface area contributed by atoms with Crippen molar-refractivity contribution in [2.24, 2.45) is 0 Å². The molecule has 0 aromatic carbocycles. The summed E-state index contributed by atoms with van der Waals surface area (Å²) in [5, 5.41) is 17.1. The Balaban J connectivity index is 4.38. The number of carbonyl (C=O) groups excluding carboxylic acids is 1. The summed E-state index contributed by atoms with van der Waals surface area (Å²) in [5.74, 6) is -0.920. The smallest absolute Gasteiger partial charge is 0.320 e. The molecular weight excluding hydrogens is 222 g/mol. The SMILES string of the molecule is CCN(CCC#N)C(=O)N(CC)CCC(=O)O. The molecule has 0 aliphatic heterocycles. The molecule has 0 aromatic rings. The van der Waals surface area contributed by atoms with Crippen molar-refractivity contribution in [3.8, 4) is 6.07 Å². The Labute approximate surface area is 101 Å². The second-order valence-corrected chi connectivity index (χ2v) is 3.49. The molecule has 2 amide bonds. The van der Waals surface area contributed by atoms with Gasteiger partial charge in [0.05, 0.1) is 18.9 Å². The van der Waals surface area contributed by atoms with Gasteiger partial charge in [0, 0.05) is 26.2 Å². The van der Waals surface area contributed by atoms with Crippen molar-refractivity contribution in [2.45, 2.75) is 26.7 Å². The van der Waals surface area contributed by atoms with Crippen LogP contribution in [0.2, 0.25) is 0 Å². The van der Waals surface area contributed by atoms with Crippen LogP contribution in [0.3, 0.4) is 0 Å². The molecule has 0 radical (unpaired) electrons. The highest BCUT2D eigenvalue weighted by Gasteiger charge is 2.18. The highest BCUT2D eigenvalue weighted by molar-refractivity contribution is 5.75. The van der Waals surface area contributed by atoms with Gasteiger partial charge in [-0.15, -0.1) is 0 Å². The molecule has 6 heteroatoms. The van der Waals surface area contributed by atoms with Gasteiger partial charge in [-0.25, -0.2) is 4.79 Å². The highest BCUT2D eigenvalue weighted by atomic mass is 16.4. The van der Waals surface area contributed by atoms with E-state index >= 15 is 0 Å². The van der Waals surface area contributed by atoms with Crippen molar-refractivity contribution < 1.29 is 14.7 Å². The standard InChI is InChI=1S/C11H19N3O3/c1-3-13(8-5-7-12)11(17)14(4-2)9-6-10(15)16/h3-6,8-9H2,1-2H3,(H,15,16). The van der Waals surface area contributed by atoms with E-state index in [1.54, 1.807) is 11.8 Å². The fourth-order valence-electron chi connectivity index (χ4n) is 1.39. The van der Waals surface area contributed by atoms with Crippen LogP contribution in [0, 0.1) is 11.3 Å². The van der Waals surface area contributed by atoms with Crippen LogP contribution in [0.4, 0.5) is 4.79 Å². The summed E-state index contributed by atoms with van der Waals surface area (Å²) in [7, 11) is 0. The maximum atomic E-state index is 12.0. The molecule has 96 valence electrons. The number of hydrogen-bond donors (Lipinski definition) is 1. The molecule has 0 aliphatic rings. The first-order valence-corrected chi connectivity index (χ1v) is 5.69. The van der Waals surface area contributed by atoms with E-state index in [1.807, 2.05) is 13.0 Å². The summed E-state index contributed by atoms with van der Waals surface area (Å²) in [5.41, 5.74) is 0. The molecule has 0 spiro atoms. The minimum atomic E-state index is -0.920. The third-order valence-corrected chi connectivity index (χ3v) is 2.39. The predicted molar refractivity (Wildman–Crippen MR) is 62.4 cm³/mol. The maximum Gasteiger partial charge on any atom is 0.320 e. The van der Waals surface area contributed by atoms with Crippen molar-refractivity contribution in [3.05, 3.63) is 0 Å². The number of rotatable bonds is 7. The summed E-state index contributed by atoms with van der Waals surface area (Å²) in [6, 6.07) is 1.79. The zero-order chi connectivity index (χ0) is 13.3. The maximum absolute atomic E-state index is 12.0. The Hall–Kier alpha value is -1.77. The number of hydrogen-bond acceptors (Lipinski definition) is 3. The Bertz CT molecular complexity index is 299. The molecule has 6 nitrogen and oxygen atoms in total. The van der Waals surface area contributed by atoms with E-state index in [9.17, 15) is 9.59 Å². The molecule has 0 heterocycles. The number of urea groups is 1. The van der Waals surface area contributed by atoms with Crippen LogP contribution in [0.25, 0.3) is 0 Å². The number of nitriles is 1. The fourth-order valence-corrected chi connectivity index (χ4v) is 1.39. The average molecular weight is 241 g/mol. The molecule has 0 saturated carbocycles. The lowest BCUT2D eigenvalue weighted by atomic mass is 10.3. The van der Waals surface area contributed by atoms with Gasteiger partial charge in [-0.3, -0.25) is 4.79 Å². The molecule has 0 unspecified atom stereocenters. The number of carbonyl (C=O) groups is 2. The van der Waals surface area contributed by atoms with E-state index in [1.165, 1.54) is 4.90 Å². The van der Waals surface area contributed by atoms with Crippen molar-refractivity contribution in [3.63, 3.8) is 0 Å². The third-order valence-electron chi connectivity index (χ3n) is 2.39. The Morgan fingerprint density at radius 2 is 1.71 bits per heavy atom. The average Bonchev–Trinajstić information content (AvgIpc) is 2.30. The monoisotopic (exact) mass is 241 g/mol. The van der Waals surface area contributed by atoms with Crippen LogP contribution in [0.15, 0.2) is 0 Å². The van der Waals surface area contributed by atoms with Crippen molar-refractivity contribution in [2.75, 3.05) is 26.2 Å². The summed E-state index contributed by atoms with van der Waals surface area (Å²) < 4.78 is 0. The first-order valence-electron chi connectivity index (χ1n) is 5.69. The molecule has 0 atom stereocenters. The van der Waals surface area contributed by atoms with E-state index in [-0.39, 0.29) is 25.4 Å². The zero-order valence-corrected chi connectivity index (χ0v) is 10.3. The quantitative estimate of drug-likeness (QED) is 0.724. The van der Waals surface area contributed by atoms with Crippen LogP contribution in [-0.2, 0) is 4.79 Å². The number of amides is 2. The van der Waals surface area contributed by atoms with E-state index in [0.717, 1.165) is 0 Å². The van der Waals surface area contributed by atoms with Crippen molar-refractivity contribution in [1.82, 2.24) is 9.80 Å². The third kappa shape index (κ3) is 5.76. The molecule has 0 rings (SSSR count). The van der Waals surface area contributed by atoms with Crippen molar-refractivity contribution in [1.29, 1.82) is 5.26 Å². The number of carboxylic acids is 1. The Morgan fingerprint density at radius 1 is 1.18 bits per heavy atom. The molecule has 1 N–H and O–H groups in total. The topological polar surface area (TPSA) is 84.6 Å². The molecule has 0 aliphatic carbocycles. The van der Waals surface area contributed by atoms with Crippen LogP contribution in [0.1, 0.15) is 26.7 Å². The normalized spacial score (nSPS) is 9.47. The lowest BCUT2D eigenvalue weighted by Crippen LogP contribution is -2.44. The van der Waals surface area contributed by atoms with Crippen LogP contribution in [0.5, 0.6) is 0 Å². The van der Waals surface area contributed by atoms with Crippen LogP contribution < -0.4 is 0 Å². The number of nitrogens with zero attached hydrogens (tertiary/aromatic N) is 3. The zero-order valence-electron chi connectivity index (χ0n) is 10.3. The Kier molecular flexibility index (Phi) is 7.52. The summed E-state index contributed by atoms with van der Waals surface area (Å²) >= 11 is 0. The van der Waals surface area contributed by atoms with Crippen LogP contribution in [-0.4, -0.2) is 53.1 Å². The lowest BCUT2D eigenvalue weighted by molar-refractivity contribution is -0.137. The molecule has 0 bridgehead atoms. The molecule has 0 aromatic heterocycles. The van der Waals surface area contributed by atoms with Gasteiger partial charge < -0.3 is 14.9 Å². The van der Waals surface area contributed by atoms with Crippen LogP contribution >= 0.6 is 0 Å². The first-order chi connectivity index (χ1) is 8.06. The number of carboxylic acid groups (broad SMARTS) is 1. The van der Waals surface area contributed by atoms with Gasteiger partial charge in [0.2, 0.25) is 0 Å². The summed E-state index contributed by atoms with van der Waals surface area (Å²) in [6.07, 6.45) is 0.228. The van der Waals surface area contributed by atoms with Gasteiger partial charge in [-0.1, -0.05) is 0 Å². The van der Waals surface area contributed by atoms with Gasteiger partial charge in [-0.2, -0.15) is 5.26 Å². The van der Waals surface area contributed by atoms with E-state index in [4.69, 9.17) is 10.4 Å². The molecule has 17 heavy (non-hydrogen) atoms. The predicted octanol–water partition coefficient (Wildman–Crippen LogP) is 1.14. The van der Waals surface area contributed by atoms with Gasteiger partial charge in [-0.05, 0) is 13.8 Å². The second-order valence-electron chi connectivity index (χ2n) is 3.49.